The summed E-state index contributed by atoms with van der Waals surface area (Å²) in [5.41, 5.74) is 2.31. The molecule has 0 radical (unpaired) electrons. The first kappa shape index (κ1) is 24.6. The quantitative estimate of drug-likeness (QED) is 0.378. The summed E-state index contributed by atoms with van der Waals surface area (Å²) in [6.07, 6.45) is 8.41. The molecule has 0 spiro atoms. The van der Waals surface area contributed by atoms with Gasteiger partial charge in [0.05, 0.1) is 4.88 Å². The summed E-state index contributed by atoms with van der Waals surface area (Å²) in [6.45, 7) is 11.7. The molecule has 1 aliphatic carbocycles. The van der Waals surface area contributed by atoms with E-state index >= 15 is 0 Å². The molecule has 1 heterocycles. The second-order valence-electron chi connectivity index (χ2n) is 9.11. The van der Waals surface area contributed by atoms with Crippen molar-refractivity contribution in [2.75, 3.05) is 6.54 Å². The molecular formula is C25H34ClNO2S. The summed E-state index contributed by atoms with van der Waals surface area (Å²) in [7, 11) is 0. The van der Waals surface area contributed by atoms with Crippen molar-refractivity contribution >= 4 is 29.5 Å². The van der Waals surface area contributed by atoms with Crippen LogP contribution in [0.3, 0.4) is 0 Å². The van der Waals surface area contributed by atoms with Crippen molar-refractivity contribution < 1.29 is 9.90 Å². The highest BCUT2D eigenvalue weighted by Gasteiger charge is 2.28. The van der Waals surface area contributed by atoms with E-state index < -0.39 is 0 Å². The number of carbonyl (C=O) groups excluding carboxylic acids is 1. The topological polar surface area (TPSA) is 40.5 Å². The average Bonchev–Trinajstić information content (AvgIpc) is 3.10. The van der Waals surface area contributed by atoms with Gasteiger partial charge in [-0.05, 0) is 29.9 Å². The maximum Gasteiger partial charge on any atom is 0.203 e. The molecule has 1 saturated carbocycles. The highest BCUT2D eigenvalue weighted by Crippen LogP contribution is 2.39. The van der Waals surface area contributed by atoms with E-state index in [9.17, 15) is 9.90 Å². The maximum absolute atomic E-state index is 13.3. The van der Waals surface area contributed by atoms with E-state index in [-0.39, 0.29) is 29.4 Å². The maximum atomic E-state index is 13.3. The van der Waals surface area contributed by atoms with Crippen LogP contribution >= 0.6 is 23.7 Å². The summed E-state index contributed by atoms with van der Waals surface area (Å²) < 4.78 is 0. The van der Waals surface area contributed by atoms with E-state index in [0.29, 0.717) is 16.5 Å². The summed E-state index contributed by atoms with van der Waals surface area (Å²) in [4.78, 5) is 16.4. The van der Waals surface area contributed by atoms with Gasteiger partial charge in [0.25, 0.3) is 0 Å². The Hall–Kier alpha value is -1.62. The Kier molecular flexibility index (Phi) is 8.72. The van der Waals surface area contributed by atoms with E-state index in [0.717, 1.165) is 24.2 Å². The predicted octanol–water partition coefficient (Wildman–Crippen LogP) is 6.72. The fourth-order valence-electron chi connectivity index (χ4n) is 4.37. The van der Waals surface area contributed by atoms with E-state index in [1.54, 1.807) is 5.38 Å². The molecule has 164 valence electrons. The number of thiophene rings is 1. The number of aromatic hydroxyl groups is 1. The molecule has 0 aliphatic heterocycles. The first-order valence-electron chi connectivity index (χ1n) is 10.6. The van der Waals surface area contributed by atoms with Gasteiger partial charge in [-0.3, -0.25) is 9.69 Å². The van der Waals surface area contributed by atoms with Crippen LogP contribution in [-0.2, 0) is 12.0 Å². The first-order valence-corrected chi connectivity index (χ1v) is 11.5. The third kappa shape index (κ3) is 5.75. The summed E-state index contributed by atoms with van der Waals surface area (Å²) in [5, 5.41) is 12.0. The highest BCUT2D eigenvalue weighted by molar-refractivity contribution is 7.12. The number of halogens is 1. The number of nitrogens with zero attached hydrogens (tertiary/aromatic N) is 1. The van der Waals surface area contributed by atoms with E-state index in [4.69, 9.17) is 0 Å². The van der Waals surface area contributed by atoms with Crippen molar-refractivity contribution in [2.24, 2.45) is 0 Å². The van der Waals surface area contributed by atoms with Crippen LogP contribution in [0.4, 0.5) is 0 Å². The number of rotatable bonds is 7. The molecule has 0 bridgehead atoms. The largest absolute Gasteiger partial charge is 0.507 e. The molecule has 0 unspecified atom stereocenters. The lowest BCUT2D eigenvalue weighted by Gasteiger charge is -2.33. The van der Waals surface area contributed by atoms with Crippen molar-refractivity contribution in [1.29, 1.82) is 0 Å². The Bertz CT molecular complexity index is 862. The molecule has 3 rings (SSSR count). The Morgan fingerprint density at radius 2 is 1.97 bits per heavy atom. The number of carbonyl (C=O) groups is 1. The van der Waals surface area contributed by atoms with Crippen LogP contribution in [-0.4, -0.2) is 28.4 Å². The predicted molar refractivity (Wildman–Crippen MR) is 129 cm³/mol. The van der Waals surface area contributed by atoms with E-state index in [2.05, 4.69) is 17.5 Å². The lowest BCUT2D eigenvalue weighted by Crippen LogP contribution is -2.36. The van der Waals surface area contributed by atoms with Crippen LogP contribution in [0.5, 0.6) is 5.75 Å². The second kappa shape index (κ2) is 10.6. The minimum atomic E-state index is -0.283. The molecule has 0 amide bonds. The molecule has 1 aromatic heterocycles. The minimum absolute atomic E-state index is 0. The lowest BCUT2D eigenvalue weighted by atomic mass is 9.85. The summed E-state index contributed by atoms with van der Waals surface area (Å²) >= 11 is 1.33. The zero-order valence-electron chi connectivity index (χ0n) is 18.3. The summed E-state index contributed by atoms with van der Waals surface area (Å²) in [6, 6.07) is 8.58. The van der Waals surface area contributed by atoms with Gasteiger partial charge in [0.2, 0.25) is 5.78 Å². The normalized spacial score (nSPS) is 15.1. The summed E-state index contributed by atoms with van der Waals surface area (Å²) in [5.74, 6) is 0.214. The van der Waals surface area contributed by atoms with Crippen LogP contribution in [0.25, 0.3) is 0 Å². The molecule has 5 heteroatoms. The van der Waals surface area contributed by atoms with E-state index in [1.807, 2.05) is 45.0 Å². The molecule has 2 aromatic rings. The Morgan fingerprint density at radius 1 is 1.27 bits per heavy atom. The molecule has 30 heavy (non-hydrogen) atoms. The van der Waals surface area contributed by atoms with Gasteiger partial charge < -0.3 is 5.11 Å². The molecule has 1 fully saturated rings. The van der Waals surface area contributed by atoms with Gasteiger partial charge in [-0.15, -0.1) is 30.3 Å². The van der Waals surface area contributed by atoms with E-state index in [1.165, 1.54) is 43.4 Å². The van der Waals surface area contributed by atoms with Crippen molar-refractivity contribution in [3.05, 3.63) is 63.9 Å². The van der Waals surface area contributed by atoms with Crippen LogP contribution in [0, 0.1) is 0 Å². The van der Waals surface area contributed by atoms with Crippen molar-refractivity contribution in [3.63, 3.8) is 0 Å². The second-order valence-corrected chi connectivity index (χ2v) is 9.99. The zero-order chi connectivity index (χ0) is 21.0. The minimum Gasteiger partial charge on any atom is -0.507 e. The van der Waals surface area contributed by atoms with Gasteiger partial charge in [0.1, 0.15) is 5.75 Å². The number of hydrogen-bond donors (Lipinski definition) is 1. The average molecular weight is 448 g/mol. The van der Waals surface area contributed by atoms with Gasteiger partial charge in [-0.1, -0.05) is 64.3 Å². The van der Waals surface area contributed by atoms with Gasteiger partial charge in [-0.25, -0.2) is 0 Å². The molecular weight excluding hydrogens is 414 g/mol. The molecule has 3 nitrogen and oxygen atoms in total. The third-order valence-electron chi connectivity index (χ3n) is 5.76. The number of benzene rings is 1. The lowest BCUT2D eigenvalue weighted by molar-refractivity contribution is 0.104. The Balaban J connectivity index is 0.00000320. The SMILES string of the molecule is C=CCN(Cc1cccc(C(=O)c2scc(O)c2C(C)(C)C)c1)C1CCCCC1.Cl. The standard InChI is InChI=1S/C25H33NO2S.ClH/c1-5-14-26(20-12-7-6-8-13-20)16-18-10-9-11-19(15-18)23(28)24-22(25(2,3)4)21(27)17-29-24;/h5,9-11,15,17,20,27H,1,6-8,12-14,16H2,2-4H3;1H. The van der Waals surface area contributed by atoms with Crippen LogP contribution in [0.1, 0.15) is 79.2 Å². The van der Waals surface area contributed by atoms with Crippen molar-refractivity contribution in [3.8, 4) is 5.75 Å². The van der Waals surface area contributed by atoms with Crippen molar-refractivity contribution in [2.45, 2.75) is 70.9 Å². The molecule has 1 aliphatic rings. The first-order chi connectivity index (χ1) is 13.8. The van der Waals surface area contributed by atoms with Crippen molar-refractivity contribution in [1.82, 2.24) is 4.90 Å². The monoisotopic (exact) mass is 447 g/mol. The fourth-order valence-corrected chi connectivity index (χ4v) is 5.47. The smallest absolute Gasteiger partial charge is 0.203 e. The number of ketones is 1. The van der Waals surface area contributed by atoms with Gasteiger partial charge >= 0.3 is 0 Å². The Labute approximate surface area is 191 Å². The zero-order valence-corrected chi connectivity index (χ0v) is 20.0. The molecule has 0 saturated heterocycles. The fraction of sp³-hybridized carbons (Fsp3) is 0.480. The van der Waals surface area contributed by atoms with Crippen LogP contribution in [0.2, 0.25) is 0 Å². The third-order valence-corrected chi connectivity index (χ3v) is 6.72. The van der Waals surface area contributed by atoms with Gasteiger partial charge in [0.15, 0.2) is 0 Å². The van der Waals surface area contributed by atoms with Gasteiger partial charge in [-0.2, -0.15) is 0 Å². The molecule has 1 aromatic carbocycles. The Morgan fingerprint density at radius 3 is 2.60 bits per heavy atom. The molecule has 0 atom stereocenters. The number of hydrogen-bond acceptors (Lipinski definition) is 4. The molecule has 1 N–H and O–H groups in total. The van der Waals surface area contributed by atoms with Crippen LogP contribution < -0.4 is 0 Å². The van der Waals surface area contributed by atoms with Crippen LogP contribution in [0.15, 0.2) is 42.3 Å². The highest BCUT2D eigenvalue weighted by atomic mass is 35.5. The van der Waals surface area contributed by atoms with Gasteiger partial charge in [0, 0.05) is 35.6 Å².